The van der Waals surface area contributed by atoms with Gasteiger partial charge >= 0.3 is 0 Å². The van der Waals surface area contributed by atoms with Gasteiger partial charge in [-0.3, -0.25) is 4.79 Å². The number of Topliss-reactive ketones (excluding diaryl/α,β-unsaturated/α-hetero) is 1. The lowest BCUT2D eigenvalue weighted by atomic mass is 10.1. The molecule has 3 nitrogen and oxygen atoms in total. The molecule has 0 heterocycles. The second-order valence-corrected chi connectivity index (χ2v) is 3.78. The first kappa shape index (κ1) is 10.3. The maximum Gasteiger partial charge on any atom is 0.164 e. The summed E-state index contributed by atoms with van der Waals surface area (Å²) in [4.78, 5) is 21.7. The normalized spacial score (nSPS) is 9.69. The van der Waals surface area contributed by atoms with Crippen LogP contribution >= 0.6 is 22.6 Å². The highest BCUT2D eigenvalue weighted by Gasteiger charge is 2.09. The van der Waals surface area contributed by atoms with E-state index in [1.54, 1.807) is 25.1 Å². The van der Waals surface area contributed by atoms with Crippen LogP contribution < -0.4 is 0 Å². The highest BCUT2D eigenvalue weighted by Crippen LogP contribution is 2.22. The van der Waals surface area contributed by atoms with E-state index in [4.69, 9.17) is 0 Å². The van der Waals surface area contributed by atoms with Crippen molar-refractivity contribution in [3.8, 4) is 0 Å². The molecule has 0 atom stereocenters. The molecule has 1 aromatic carbocycles. The van der Waals surface area contributed by atoms with Crippen molar-refractivity contribution >= 4 is 34.1 Å². The van der Waals surface area contributed by atoms with E-state index < -0.39 is 0 Å². The molecule has 0 N–H and O–H groups in total. The Morgan fingerprint density at radius 2 is 2.23 bits per heavy atom. The number of halogens is 1. The summed E-state index contributed by atoms with van der Waals surface area (Å²) < 4.78 is 0.903. The molecular formula is C9H8INO2. The predicted octanol–water partition coefficient (Wildman–Crippen LogP) is 3.28. The zero-order valence-electron chi connectivity index (χ0n) is 7.08. The first-order valence-corrected chi connectivity index (χ1v) is 4.93. The minimum Gasteiger partial charge on any atom is -0.294 e. The van der Waals surface area contributed by atoms with Crippen molar-refractivity contribution in [2.75, 3.05) is 0 Å². The number of carbonyl (C=O) groups is 1. The smallest absolute Gasteiger partial charge is 0.164 e. The van der Waals surface area contributed by atoms with E-state index in [2.05, 4.69) is 27.8 Å². The Labute approximate surface area is 89.6 Å². The number of carbonyl (C=O) groups excluding carboxylic acids is 1. The van der Waals surface area contributed by atoms with Crippen molar-refractivity contribution in [2.45, 2.75) is 13.3 Å². The van der Waals surface area contributed by atoms with Crippen molar-refractivity contribution in [1.82, 2.24) is 0 Å². The summed E-state index contributed by atoms with van der Waals surface area (Å²) in [5, 5.41) is 2.82. The molecule has 0 saturated heterocycles. The molecule has 0 aromatic heterocycles. The van der Waals surface area contributed by atoms with E-state index >= 15 is 0 Å². The Balaban J connectivity index is 3.20. The van der Waals surface area contributed by atoms with Crippen molar-refractivity contribution in [2.24, 2.45) is 5.18 Å². The third-order valence-electron chi connectivity index (χ3n) is 1.68. The summed E-state index contributed by atoms with van der Waals surface area (Å²) in [5.74, 6) is -0.0500. The Morgan fingerprint density at radius 1 is 1.54 bits per heavy atom. The van der Waals surface area contributed by atoms with Crippen LogP contribution in [0.4, 0.5) is 5.69 Å². The molecule has 1 rings (SSSR count). The molecule has 13 heavy (non-hydrogen) atoms. The van der Waals surface area contributed by atoms with Gasteiger partial charge in [0.05, 0.1) is 0 Å². The first-order valence-electron chi connectivity index (χ1n) is 3.85. The zero-order valence-corrected chi connectivity index (χ0v) is 9.24. The lowest BCUT2D eigenvalue weighted by Gasteiger charge is -2.00. The number of ketones is 1. The molecule has 0 unspecified atom stereocenters. The largest absolute Gasteiger partial charge is 0.294 e. The molecule has 0 aliphatic carbocycles. The quantitative estimate of drug-likeness (QED) is 0.487. The maximum atomic E-state index is 11.3. The fourth-order valence-electron chi connectivity index (χ4n) is 1.01. The highest BCUT2D eigenvalue weighted by molar-refractivity contribution is 14.1. The number of benzene rings is 1. The fourth-order valence-corrected chi connectivity index (χ4v) is 1.48. The molecule has 0 amide bonds. The van der Waals surface area contributed by atoms with Gasteiger partial charge in [-0.15, -0.1) is 4.91 Å². The van der Waals surface area contributed by atoms with Crippen LogP contribution in [0.2, 0.25) is 0 Å². The maximum absolute atomic E-state index is 11.3. The van der Waals surface area contributed by atoms with Gasteiger partial charge in [-0.1, -0.05) is 6.92 Å². The summed E-state index contributed by atoms with van der Waals surface area (Å²) in [7, 11) is 0. The molecule has 0 fully saturated rings. The van der Waals surface area contributed by atoms with E-state index in [1.165, 1.54) is 0 Å². The molecule has 4 heteroatoms. The van der Waals surface area contributed by atoms with Gasteiger partial charge in [-0.25, -0.2) is 0 Å². The minimum absolute atomic E-state index is 0.0500. The summed E-state index contributed by atoms with van der Waals surface area (Å²) in [6.07, 6.45) is 0.392. The summed E-state index contributed by atoms with van der Waals surface area (Å²) in [6.45, 7) is 1.76. The number of hydrogen-bond donors (Lipinski definition) is 0. The Morgan fingerprint density at radius 3 is 2.77 bits per heavy atom. The number of nitrogens with zero attached hydrogens (tertiary/aromatic N) is 1. The first-order chi connectivity index (χ1) is 6.19. The van der Waals surface area contributed by atoms with E-state index in [-0.39, 0.29) is 11.5 Å². The molecule has 0 spiro atoms. The van der Waals surface area contributed by atoms with Crippen LogP contribution in [0.1, 0.15) is 23.7 Å². The van der Waals surface area contributed by atoms with E-state index in [9.17, 15) is 9.70 Å². The topological polar surface area (TPSA) is 46.5 Å². The van der Waals surface area contributed by atoms with Gasteiger partial charge in [0.2, 0.25) is 0 Å². The Bertz CT molecular complexity index is 349. The van der Waals surface area contributed by atoms with E-state index in [0.29, 0.717) is 12.0 Å². The van der Waals surface area contributed by atoms with Crippen LogP contribution in [-0.2, 0) is 0 Å². The zero-order chi connectivity index (χ0) is 9.84. The van der Waals surface area contributed by atoms with Gasteiger partial charge < -0.3 is 0 Å². The van der Waals surface area contributed by atoms with Gasteiger partial charge in [0.1, 0.15) is 5.69 Å². The van der Waals surface area contributed by atoms with E-state index in [1.807, 2.05) is 0 Å². The summed E-state index contributed by atoms with van der Waals surface area (Å²) in [5.41, 5.74) is 0.650. The SMILES string of the molecule is CCC(=O)c1ccc(I)cc1N=O. The predicted molar refractivity (Wildman–Crippen MR) is 59.2 cm³/mol. The monoisotopic (exact) mass is 289 g/mol. The Kier molecular flexibility index (Phi) is 3.53. The van der Waals surface area contributed by atoms with Gasteiger partial charge in [0.25, 0.3) is 0 Å². The molecule has 68 valence electrons. The number of hydrogen-bond acceptors (Lipinski definition) is 3. The average molecular weight is 289 g/mol. The molecule has 0 bridgehead atoms. The molecule has 0 radical (unpaired) electrons. The highest BCUT2D eigenvalue weighted by atomic mass is 127. The summed E-state index contributed by atoms with van der Waals surface area (Å²) in [6, 6.07) is 5.04. The Hall–Kier alpha value is -0.780. The van der Waals surface area contributed by atoms with E-state index in [0.717, 1.165) is 3.57 Å². The third kappa shape index (κ3) is 2.33. The lowest BCUT2D eigenvalue weighted by Crippen LogP contribution is -1.96. The van der Waals surface area contributed by atoms with Crippen molar-refractivity contribution < 1.29 is 4.79 Å². The standard InChI is InChI=1S/C9H8INO2/c1-2-9(12)7-4-3-6(10)5-8(7)11-13/h3-5H,2H2,1H3. The molecule has 0 saturated carbocycles. The van der Waals surface area contributed by atoms with Gasteiger partial charge in [0, 0.05) is 15.6 Å². The van der Waals surface area contributed by atoms with Crippen LogP contribution in [0.5, 0.6) is 0 Å². The van der Waals surface area contributed by atoms with Crippen LogP contribution in [0.25, 0.3) is 0 Å². The second-order valence-electron chi connectivity index (χ2n) is 2.53. The van der Waals surface area contributed by atoms with Crippen molar-refractivity contribution in [1.29, 1.82) is 0 Å². The number of rotatable bonds is 3. The summed E-state index contributed by atoms with van der Waals surface area (Å²) >= 11 is 2.07. The third-order valence-corrected chi connectivity index (χ3v) is 2.35. The van der Waals surface area contributed by atoms with Gasteiger partial charge in [0.15, 0.2) is 5.78 Å². The fraction of sp³-hybridized carbons (Fsp3) is 0.222. The molecular weight excluding hydrogens is 281 g/mol. The van der Waals surface area contributed by atoms with Crippen molar-refractivity contribution in [3.63, 3.8) is 0 Å². The van der Waals surface area contributed by atoms with Gasteiger partial charge in [-0.2, -0.15) is 0 Å². The average Bonchev–Trinajstić information content (AvgIpc) is 2.16. The molecule has 1 aromatic rings. The molecule has 0 aliphatic heterocycles. The number of nitroso groups, excluding NO2 is 1. The minimum atomic E-state index is -0.0500. The second kappa shape index (κ2) is 4.45. The van der Waals surface area contributed by atoms with Crippen LogP contribution in [-0.4, -0.2) is 5.78 Å². The van der Waals surface area contributed by atoms with Gasteiger partial charge in [-0.05, 0) is 46.0 Å². The van der Waals surface area contributed by atoms with Crippen molar-refractivity contribution in [3.05, 3.63) is 32.2 Å². The van der Waals surface area contributed by atoms with Crippen LogP contribution in [0.3, 0.4) is 0 Å². The molecule has 0 aliphatic rings. The van der Waals surface area contributed by atoms with Crippen LogP contribution in [0, 0.1) is 8.48 Å². The lowest BCUT2D eigenvalue weighted by molar-refractivity contribution is 0.0989. The van der Waals surface area contributed by atoms with Crippen LogP contribution in [0.15, 0.2) is 23.4 Å².